The van der Waals surface area contributed by atoms with Gasteiger partial charge in [-0.15, -0.1) is 12.4 Å². The summed E-state index contributed by atoms with van der Waals surface area (Å²) in [5, 5.41) is 6.58. The van der Waals surface area contributed by atoms with Crippen molar-refractivity contribution in [2.75, 3.05) is 27.3 Å². The second-order valence-electron chi connectivity index (χ2n) is 6.71. The second-order valence-corrected chi connectivity index (χ2v) is 7.57. The standard InChI is InChI=1S/C18H25BrN2O3.ClH/c1-23-15-7-12(14(19)8-16(15)24-2)9-21-17(22)18-6-4-3-5-13(18)10-20-11-18;/h7-8,13,20H,3-6,9-11H2,1-2H3,(H,21,22);1H/t13-,18+;/m0./s1. The average molecular weight is 434 g/mol. The van der Waals surface area contributed by atoms with Gasteiger partial charge in [0.25, 0.3) is 0 Å². The van der Waals surface area contributed by atoms with Crippen LogP contribution in [0.4, 0.5) is 0 Å². The molecule has 140 valence electrons. The zero-order valence-corrected chi connectivity index (χ0v) is 17.1. The lowest BCUT2D eigenvalue weighted by Gasteiger charge is -2.37. The van der Waals surface area contributed by atoms with Crippen LogP contribution in [0.25, 0.3) is 0 Å². The van der Waals surface area contributed by atoms with Gasteiger partial charge >= 0.3 is 0 Å². The van der Waals surface area contributed by atoms with Gasteiger partial charge in [-0.1, -0.05) is 28.8 Å². The van der Waals surface area contributed by atoms with E-state index in [1.807, 2.05) is 12.1 Å². The quantitative estimate of drug-likeness (QED) is 0.748. The van der Waals surface area contributed by atoms with Gasteiger partial charge < -0.3 is 20.1 Å². The van der Waals surface area contributed by atoms with E-state index >= 15 is 0 Å². The molecule has 0 bridgehead atoms. The minimum atomic E-state index is -0.221. The summed E-state index contributed by atoms with van der Waals surface area (Å²) in [6.45, 7) is 2.25. The van der Waals surface area contributed by atoms with Crippen molar-refractivity contribution in [3.05, 3.63) is 22.2 Å². The SMILES string of the molecule is COc1cc(Br)c(CNC(=O)[C@@]23CCCC[C@H]2CNC3)cc1OC.Cl. The highest BCUT2D eigenvalue weighted by Gasteiger charge is 2.49. The summed E-state index contributed by atoms with van der Waals surface area (Å²) in [7, 11) is 3.23. The minimum absolute atomic E-state index is 0. The molecule has 1 saturated carbocycles. The van der Waals surface area contributed by atoms with E-state index in [4.69, 9.17) is 9.47 Å². The van der Waals surface area contributed by atoms with Crippen LogP contribution in [0.5, 0.6) is 11.5 Å². The van der Waals surface area contributed by atoms with Gasteiger partial charge in [0.2, 0.25) is 5.91 Å². The van der Waals surface area contributed by atoms with Gasteiger partial charge in [0, 0.05) is 17.6 Å². The maximum absolute atomic E-state index is 12.9. The number of nitrogens with one attached hydrogen (secondary N) is 2. The number of ether oxygens (including phenoxy) is 2. The predicted molar refractivity (Wildman–Crippen MR) is 104 cm³/mol. The molecule has 1 aliphatic carbocycles. The van der Waals surface area contributed by atoms with Gasteiger partial charge in [-0.3, -0.25) is 4.79 Å². The van der Waals surface area contributed by atoms with E-state index in [0.29, 0.717) is 24.0 Å². The van der Waals surface area contributed by atoms with Crippen molar-refractivity contribution < 1.29 is 14.3 Å². The summed E-state index contributed by atoms with van der Waals surface area (Å²) < 4.78 is 11.6. The van der Waals surface area contributed by atoms with E-state index in [1.54, 1.807) is 14.2 Å². The molecule has 7 heteroatoms. The first-order valence-electron chi connectivity index (χ1n) is 8.50. The maximum atomic E-state index is 12.9. The summed E-state index contributed by atoms with van der Waals surface area (Å²) in [6.07, 6.45) is 4.53. The first kappa shape index (κ1) is 20.3. The zero-order chi connectivity index (χ0) is 17.2. The van der Waals surface area contributed by atoms with E-state index in [1.165, 1.54) is 6.42 Å². The Hall–Kier alpha value is -0.980. The van der Waals surface area contributed by atoms with Crippen molar-refractivity contribution in [3.63, 3.8) is 0 Å². The molecule has 0 radical (unpaired) electrons. The lowest BCUT2D eigenvalue weighted by atomic mass is 9.67. The van der Waals surface area contributed by atoms with Gasteiger partial charge in [0.05, 0.1) is 19.6 Å². The number of carbonyl (C=O) groups excluding carboxylic acids is 1. The Labute approximate surface area is 163 Å². The van der Waals surface area contributed by atoms with Gasteiger partial charge in [0.15, 0.2) is 11.5 Å². The Morgan fingerprint density at radius 1 is 1.32 bits per heavy atom. The third-order valence-electron chi connectivity index (χ3n) is 5.48. The molecule has 3 rings (SSSR count). The van der Waals surface area contributed by atoms with Crippen LogP contribution in [0.1, 0.15) is 31.2 Å². The highest BCUT2D eigenvalue weighted by molar-refractivity contribution is 9.10. The van der Waals surface area contributed by atoms with E-state index in [9.17, 15) is 4.79 Å². The number of benzene rings is 1. The summed E-state index contributed by atoms with van der Waals surface area (Å²) in [6, 6.07) is 3.78. The Morgan fingerprint density at radius 3 is 2.76 bits per heavy atom. The van der Waals surface area contributed by atoms with Gasteiger partial charge in [0.1, 0.15) is 0 Å². The molecule has 2 N–H and O–H groups in total. The molecule has 5 nitrogen and oxygen atoms in total. The van der Waals surface area contributed by atoms with Gasteiger partial charge in [-0.2, -0.15) is 0 Å². The monoisotopic (exact) mass is 432 g/mol. The highest BCUT2D eigenvalue weighted by Crippen LogP contribution is 2.44. The molecule has 1 amide bonds. The summed E-state index contributed by atoms with van der Waals surface area (Å²) >= 11 is 3.55. The van der Waals surface area contributed by atoms with Crippen LogP contribution in [0.2, 0.25) is 0 Å². The molecule has 1 saturated heterocycles. The average Bonchev–Trinajstić information content (AvgIpc) is 3.05. The number of halogens is 2. The van der Waals surface area contributed by atoms with Gasteiger partial charge in [-0.05, 0) is 43.0 Å². The number of rotatable bonds is 5. The summed E-state index contributed by atoms with van der Waals surface area (Å²) in [5.74, 6) is 1.99. The topological polar surface area (TPSA) is 59.6 Å². The Morgan fingerprint density at radius 2 is 2.04 bits per heavy atom. The van der Waals surface area contributed by atoms with Crippen LogP contribution in [-0.4, -0.2) is 33.2 Å². The van der Waals surface area contributed by atoms with E-state index < -0.39 is 0 Å². The van der Waals surface area contributed by atoms with Crippen molar-refractivity contribution in [2.24, 2.45) is 11.3 Å². The number of amides is 1. The molecule has 2 fully saturated rings. The Balaban J connectivity index is 0.00000225. The van der Waals surface area contributed by atoms with Crippen molar-refractivity contribution in [1.82, 2.24) is 10.6 Å². The van der Waals surface area contributed by atoms with Crippen molar-refractivity contribution >= 4 is 34.2 Å². The fraction of sp³-hybridized carbons (Fsp3) is 0.611. The highest BCUT2D eigenvalue weighted by atomic mass is 79.9. The minimum Gasteiger partial charge on any atom is -0.493 e. The smallest absolute Gasteiger partial charge is 0.228 e. The fourth-order valence-electron chi connectivity index (χ4n) is 4.07. The largest absolute Gasteiger partial charge is 0.493 e. The third-order valence-corrected chi connectivity index (χ3v) is 6.22. The number of fused-ring (bicyclic) bond motifs is 1. The zero-order valence-electron chi connectivity index (χ0n) is 14.7. The molecule has 1 aliphatic heterocycles. The number of methoxy groups -OCH3 is 2. The maximum Gasteiger partial charge on any atom is 0.228 e. The summed E-state index contributed by atoms with van der Waals surface area (Å²) in [4.78, 5) is 12.9. The Kier molecular flexibility index (Phi) is 7.00. The Bertz CT molecular complexity index is 629. The lowest BCUT2D eigenvalue weighted by molar-refractivity contribution is -0.134. The van der Waals surface area contributed by atoms with Crippen LogP contribution in [-0.2, 0) is 11.3 Å². The second kappa shape index (κ2) is 8.60. The predicted octanol–water partition coefficient (Wildman–Crippen LogP) is 3.28. The fourth-order valence-corrected chi connectivity index (χ4v) is 4.54. The molecule has 1 aromatic carbocycles. The van der Waals surface area contributed by atoms with Crippen LogP contribution in [0, 0.1) is 11.3 Å². The van der Waals surface area contributed by atoms with Crippen LogP contribution in [0.3, 0.4) is 0 Å². The molecule has 0 unspecified atom stereocenters. The number of hydrogen-bond donors (Lipinski definition) is 2. The normalized spacial score (nSPS) is 24.8. The first-order chi connectivity index (χ1) is 11.6. The van der Waals surface area contributed by atoms with Crippen molar-refractivity contribution in [3.8, 4) is 11.5 Å². The molecule has 0 aromatic heterocycles. The number of hydrogen-bond acceptors (Lipinski definition) is 4. The van der Waals surface area contributed by atoms with Crippen molar-refractivity contribution in [1.29, 1.82) is 0 Å². The third kappa shape index (κ3) is 3.91. The number of carbonyl (C=O) groups is 1. The van der Waals surface area contributed by atoms with E-state index in [0.717, 1.165) is 42.4 Å². The first-order valence-corrected chi connectivity index (χ1v) is 9.29. The van der Waals surface area contributed by atoms with Crippen LogP contribution < -0.4 is 20.1 Å². The molecular weight excluding hydrogens is 408 g/mol. The van der Waals surface area contributed by atoms with Crippen molar-refractivity contribution in [2.45, 2.75) is 32.2 Å². The van der Waals surface area contributed by atoms with E-state index in [-0.39, 0.29) is 23.7 Å². The van der Waals surface area contributed by atoms with Crippen LogP contribution in [0.15, 0.2) is 16.6 Å². The molecular formula is C18H26BrClN2O3. The van der Waals surface area contributed by atoms with Crippen LogP contribution >= 0.6 is 28.3 Å². The van der Waals surface area contributed by atoms with E-state index in [2.05, 4.69) is 26.6 Å². The lowest BCUT2D eigenvalue weighted by Crippen LogP contribution is -2.47. The summed E-state index contributed by atoms with van der Waals surface area (Å²) in [5.41, 5.74) is 0.761. The van der Waals surface area contributed by atoms with Gasteiger partial charge in [-0.25, -0.2) is 0 Å². The molecule has 25 heavy (non-hydrogen) atoms. The molecule has 0 spiro atoms. The molecule has 1 aromatic rings. The molecule has 2 aliphatic rings. The molecule has 1 heterocycles. The molecule has 2 atom stereocenters.